The van der Waals surface area contributed by atoms with Crippen molar-refractivity contribution in [3.63, 3.8) is 0 Å². The van der Waals surface area contributed by atoms with Crippen molar-refractivity contribution in [3.8, 4) is 11.5 Å². The van der Waals surface area contributed by atoms with E-state index in [-0.39, 0.29) is 11.8 Å². The number of aromatic nitrogens is 4. The molecule has 0 atom stereocenters. The third-order valence-corrected chi connectivity index (χ3v) is 5.01. The summed E-state index contributed by atoms with van der Waals surface area (Å²) in [5.41, 5.74) is 3.56. The first-order chi connectivity index (χ1) is 14.4. The molecule has 4 rings (SSSR count). The molecule has 0 aromatic carbocycles. The van der Waals surface area contributed by atoms with Crippen LogP contribution in [0.1, 0.15) is 41.4 Å². The zero-order valence-electron chi connectivity index (χ0n) is 17.2. The molecule has 1 saturated heterocycles. The van der Waals surface area contributed by atoms with Gasteiger partial charge in [0.25, 0.3) is 5.91 Å². The number of aliphatic hydroxyl groups is 1. The van der Waals surface area contributed by atoms with Crippen LogP contribution in [0, 0.1) is 6.92 Å². The molecular formula is C22H24N6O2. The zero-order valence-corrected chi connectivity index (χ0v) is 17.2. The maximum atomic E-state index is 12.8. The van der Waals surface area contributed by atoms with Crippen molar-refractivity contribution in [2.45, 2.75) is 32.8 Å². The topological polar surface area (TPSA) is 104 Å². The van der Waals surface area contributed by atoms with Crippen LogP contribution < -0.4 is 5.32 Å². The average Bonchev–Trinajstić information content (AvgIpc) is 2.71. The summed E-state index contributed by atoms with van der Waals surface area (Å²) in [6, 6.07) is 7.47. The molecule has 1 aliphatic rings. The van der Waals surface area contributed by atoms with Gasteiger partial charge in [0.2, 0.25) is 0 Å². The van der Waals surface area contributed by atoms with Gasteiger partial charge < -0.3 is 15.3 Å². The number of anilines is 2. The Morgan fingerprint density at radius 1 is 1.20 bits per heavy atom. The Bertz CT molecular complexity index is 1080. The Balaban J connectivity index is 1.70. The fourth-order valence-electron chi connectivity index (χ4n) is 3.30. The van der Waals surface area contributed by atoms with Crippen LogP contribution in [-0.2, 0) is 0 Å². The van der Waals surface area contributed by atoms with Crippen LogP contribution in [0.4, 0.5) is 11.5 Å². The predicted octanol–water partition coefficient (Wildman–Crippen LogP) is 2.93. The zero-order chi connectivity index (χ0) is 21.3. The van der Waals surface area contributed by atoms with Gasteiger partial charge in [0.15, 0.2) is 5.82 Å². The minimum Gasteiger partial charge on any atom is -0.389 e. The van der Waals surface area contributed by atoms with E-state index in [0.717, 1.165) is 11.3 Å². The van der Waals surface area contributed by atoms with Gasteiger partial charge in [0.1, 0.15) is 11.5 Å². The van der Waals surface area contributed by atoms with Crippen molar-refractivity contribution in [1.29, 1.82) is 0 Å². The Kier molecular flexibility index (Phi) is 5.41. The minimum atomic E-state index is -0.458. The molecule has 0 unspecified atom stereocenters. The quantitative estimate of drug-likeness (QED) is 0.674. The summed E-state index contributed by atoms with van der Waals surface area (Å²) >= 11 is 0. The normalized spacial score (nSPS) is 14.0. The van der Waals surface area contributed by atoms with Gasteiger partial charge in [-0.15, -0.1) is 0 Å². The first kappa shape index (κ1) is 19.9. The Morgan fingerprint density at radius 3 is 2.70 bits per heavy atom. The van der Waals surface area contributed by atoms with E-state index in [1.165, 1.54) is 6.20 Å². The Labute approximate surface area is 175 Å². The molecule has 3 aromatic heterocycles. The van der Waals surface area contributed by atoms with E-state index >= 15 is 0 Å². The Hall–Kier alpha value is -3.39. The first-order valence-corrected chi connectivity index (χ1v) is 9.91. The predicted molar refractivity (Wildman–Crippen MR) is 114 cm³/mol. The molecule has 1 aliphatic heterocycles. The van der Waals surface area contributed by atoms with Crippen LogP contribution in [0.15, 0.2) is 42.9 Å². The molecule has 1 amide bonds. The summed E-state index contributed by atoms with van der Waals surface area (Å²) in [6.07, 6.45) is 4.51. The van der Waals surface area contributed by atoms with Crippen molar-refractivity contribution >= 4 is 17.4 Å². The number of nitrogens with zero attached hydrogens (tertiary/aromatic N) is 5. The third kappa shape index (κ3) is 3.99. The monoisotopic (exact) mass is 404 g/mol. The standard InChI is InChI=1S/C22H24N6O2/c1-13(2)16-10-24-21(19-6-4-5-14(3)25-19)27-20(16)26-18-7-8-23-9-17(18)22(30)28-11-15(29)12-28/h4-10,13,15,29H,11-12H2,1-3H3,(H,23,24,26,27). The molecule has 0 aliphatic carbocycles. The molecule has 4 heterocycles. The van der Waals surface area contributed by atoms with Gasteiger partial charge in [-0.2, -0.15) is 0 Å². The van der Waals surface area contributed by atoms with E-state index in [2.05, 4.69) is 34.1 Å². The largest absolute Gasteiger partial charge is 0.389 e. The average molecular weight is 404 g/mol. The maximum absolute atomic E-state index is 12.8. The number of hydrogen-bond donors (Lipinski definition) is 2. The second-order valence-corrected chi connectivity index (χ2v) is 7.73. The number of aliphatic hydroxyl groups excluding tert-OH is 1. The third-order valence-electron chi connectivity index (χ3n) is 5.01. The maximum Gasteiger partial charge on any atom is 0.257 e. The molecule has 8 nitrogen and oxygen atoms in total. The van der Waals surface area contributed by atoms with Crippen LogP contribution in [0.25, 0.3) is 11.5 Å². The van der Waals surface area contributed by atoms with Crippen molar-refractivity contribution in [2.75, 3.05) is 18.4 Å². The number of β-amino-alcohol motifs (C(OH)–C–C–N with tert-alkyl or cyclic N) is 1. The number of carbonyl (C=O) groups is 1. The van der Waals surface area contributed by atoms with E-state index in [9.17, 15) is 9.90 Å². The molecule has 0 spiro atoms. The van der Waals surface area contributed by atoms with Gasteiger partial charge in [0.05, 0.1) is 17.4 Å². The molecular weight excluding hydrogens is 380 g/mol. The molecule has 0 radical (unpaired) electrons. The highest BCUT2D eigenvalue weighted by molar-refractivity contribution is 6.00. The number of hydrogen-bond acceptors (Lipinski definition) is 7. The van der Waals surface area contributed by atoms with Crippen LogP contribution in [-0.4, -0.2) is 55.0 Å². The van der Waals surface area contributed by atoms with Crippen LogP contribution in [0.3, 0.4) is 0 Å². The first-order valence-electron chi connectivity index (χ1n) is 9.91. The minimum absolute atomic E-state index is 0.170. The van der Waals surface area contributed by atoms with Gasteiger partial charge in [-0.05, 0) is 31.0 Å². The summed E-state index contributed by atoms with van der Waals surface area (Å²) in [4.78, 5) is 32.3. The molecule has 0 bridgehead atoms. The smallest absolute Gasteiger partial charge is 0.257 e. The number of rotatable bonds is 5. The van der Waals surface area contributed by atoms with Crippen LogP contribution >= 0.6 is 0 Å². The highest BCUT2D eigenvalue weighted by Crippen LogP contribution is 2.29. The highest BCUT2D eigenvalue weighted by Gasteiger charge is 2.31. The van der Waals surface area contributed by atoms with Gasteiger partial charge in [-0.3, -0.25) is 9.78 Å². The summed E-state index contributed by atoms with van der Waals surface area (Å²) in [5.74, 6) is 1.15. The number of likely N-dealkylation sites (tertiary alicyclic amines) is 1. The van der Waals surface area contributed by atoms with E-state index in [1.54, 1.807) is 23.4 Å². The Morgan fingerprint density at radius 2 is 2.00 bits per heavy atom. The highest BCUT2D eigenvalue weighted by atomic mass is 16.3. The van der Waals surface area contributed by atoms with E-state index in [4.69, 9.17) is 4.98 Å². The van der Waals surface area contributed by atoms with Crippen LogP contribution in [0.5, 0.6) is 0 Å². The van der Waals surface area contributed by atoms with E-state index in [0.29, 0.717) is 41.7 Å². The summed E-state index contributed by atoms with van der Waals surface area (Å²) in [7, 11) is 0. The van der Waals surface area contributed by atoms with Crippen molar-refractivity contribution in [3.05, 3.63) is 59.7 Å². The lowest BCUT2D eigenvalue weighted by molar-refractivity contribution is 0.00593. The molecule has 2 N–H and O–H groups in total. The van der Waals surface area contributed by atoms with Crippen LogP contribution in [0.2, 0.25) is 0 Å². The van der Waals surface area contributed by atoms with Crippen molar-refractivity contribution in [1.82, 2.24) is 24.8 Å². The molecule has 3 aromatic rings. The lowest BCUT2D eigenvalue weighted by Crippen LogP contribution is -2.53. The summed E-state index contributed by atoms with van der Waals surface area (Å²) < 4.78 is 0. The summed E-state index contributed by atoms with van der Waals surface area (Å²) in [5, 5.41) is 12.8. The molecule has 154 valence electrons. The fourth-order valence-corrected chi connectivity index (χ4v) is 3.30. The SMILES string of the molecule is Cc1cccc(-c2ncc(C(C)C)c(Nc3ccncc3C(=O)N3CC(O)C3)n2)n1. The van der Waals surface area contributed by atoms with Gasteiger partial charge in [0, 0.05) is 42.9 Å². The van der Waals surface area contributed by atoms with E-state index < -0.39 is 6.10 Å². The molecule has 1 fully saturated rings. The second-order valence-electron chi connectivity index (χ2n) is 7.73. The lowest BCUT2D eigenvalue weighted by atomic mass is 10.1. The summed E-state index contributed by atoms with van der Waals surface area (Å²) in [6.45, 7) is 6.72. The number of amides is 1. The number of carbonyl (C=O) groups excluding carboxylic acids is 1. The number of aryl methyl sites for hydroxylation is 1. The number of nitrogens with one attached hydrogen (secondary N) is 1. The van der Waals surface area contributed by atoms with Gasteiger partial charge in [-0.1, -0.05) is 19.9 Å². The molecule has 8 heteroatoms. The van der Waals surface area contributed by atoms with Crippen molar-refractivity contribution < 1.29 is 9.90 Å². The molecule has 0 saturated carbocycles. The lowest BCUT2D eigenvalue weighted by Gasteiger charge is -2.36. The van der Waals surface area contributed by atoms with Crippen molar-refractivity contribution in [2.24, 2.45) is 0 Å². The molecule has 30 heavy (non-hydrogen) atoms. The second kappa shape index (κ2) is 8.16. The number of pyridine rings is 2. The fraction of sp³-hybridized carbons (Fsp3) is 0.318. The van der Waals surface area contributed by atoms with E-state index in [1.807, 2.05) is 25.1 Å². The van der Waals surface area contributed by atoms with Gasteiger partial charge >= 0.3 is 0 Å². The van der Waals surface area contributed by atoms with Gasteiger partial charge in [-0.25, -0.2) is 15.0 Å².